The maximum absolute atomic E-state index is 13.2. The normalized spacial score (nSPS) is 14.8. The molecule has 0 unspecified atom stereocenters. The highest BCUT2D eigenvalue weighted by molar-refractivity contribution is 7.09. The molecule has 1 amide bonds. The van der Waals surface area contributed by atoms with E-state index in [0.717, 1.165) is 40.2 Å². The predicted octanol–water partition coefficient (Wildman–Crippen LogP) is 4.51. The number of carbonyl (C=O) groups excluding carboxylic acids is 1. The standard InChI is InChI=1S/C21H22F3N7OS/c1-11(32)30(4)15-7-13(21(22,23)24)9-26-18(15)28-19-27-17(29-33-19)14-6-12-8-20(2,3)31(5)16(12)10-25-14/h6-7,9-10H,8H2,1-5H3,(H,26,27,28,29). The molecule has 174 valence electrons. The third-order valence-electron chi connectivity index (χ3n) is 5.77. The number of likely N-dealkylation sites (N-methyl/N-ethyl adjacent to an activating group) is 1. The van der Waals surface area contributed by atoms with Gasteiger partial charge in [0, 0.05) is 44.3 Å². The number of nitrogens with zero attached hydrogens (tertiary/aromatic N) is 6. The zero-order chi connectivity index (χ0) is 24.1. The van der Waals surface area contributed by atoms with Crippen LogP contribution in [0.25, 0.3) is 11.5 Å². The third kappa shape index (κ3) is 4.34. The highest BCUT2D eigenvalue weighted by Gasteiger charge is 2.34. The van der Waals surface area contributed by atoms with Crippen molar-refractivity contribution in [2.75, 3.05) is 29.2 Å². The molecule has 0 bridgehead atoms. The largest absolute Gasteiger partial charge is 0.417 e. The van der Waals surface area contributed by atoms with Gasteiger partial charge in [0.05, 0.1) is 23.1 Å². The molecule has 33 heavy (non-hydrogen) atoms. The fourth-order valence-electron chi connectivity index (χ4n) is 3.58. The van der Waals surface area contributed by atoms with Gasteiger partial charge in [0.15, 0.2) is 11.6 Å². The molecule has 0 radical (unpaired) electrons. The molecule has 12 heteroatoms. The molecule has 0 aromatic carbocycles. The van der Waals surface area contributed by atoms with Gasteiger partial charge in [-0.2, -0.15) is 22.5 Å². The summed E-state index contributed by atoms with van der Waals surface area (Å²) in [5, 5.41) is 3.20. The number of nitrogens with one attached hydrogen (secondary N) is 1. The molecule has 3 aromatic heterocycles. The summed E-state index contributed by atoms with van der Waals surface area (Å²) in [5.41, 5.74) is 1.82. The lowest BCUT2D eigenvalue weighted by Gasteiger charge is -2.29. The van der Waals surface area contributed by atoms with E-state index in [0.29, 0.717) is 22.8 Å². The fourth-order valence-corrected chi connectivity index (χ4v) is 4.15. The Morgan fingerprint density at radius 3 is 2.64 bits per heavy atom. The first-order chi connectivity index (χ1) is 15.4. The quantitative estimate of drug-likeness (QED) is 0.592. The van der Waals surface area contributed by atoms with Crippen molar-refractivity contribution in [1.29, 1.82) is 0 Å². The maximum Gasteiger partial charge on any atom is 0.417 e. The average molecular weight is 478 g/mol. The number of alkyl halides is 3. The van der Waals surface area contributed by atoms with Crippen molar-refractivity contribution in [2.24, 2.45) is 0 Å². The molecule has 0 atom stereocenters. The van der Waals surface area contributed by atoms with E-state index < -0.39 is 17.6 Å². The molecule has 1 aliphatic heterocycles. The Hall–Kier alpha value is -3.28. The molecule has 0 aliphatic carbocycles. The molecule has 0 spiro atoms. The second kappa shape index (κ2) is 7.94. The van der Waals surface area contributed by atoms with Gasteiger partial charge in [0.2, 0.25) is 11.0 Å². The highest BCUT2D eigenvalue weighted by Crippen LogP contribution is 2.39. The first-order valence-electron chi connectivity index (χ1n) is 10.0. The summed E-state index contributed by atoms with van der Waals surface area (Å²) in [5.74, 6) is 0.0205. The van der Waals surface area contributed by atoms with E-state index in [4.69, 9.17) is 0 Å². The van der Waals surface area contributed by atoms with Gasteiger partial charge < -0.3 is 15.1 Å². The summed E-state index contributed by atoms with van der Waals surface area (Å²) >= 11 is 1.02. The first kappa shape index (κ1) is 22.9. The number of halogens is 3. The van der Waals surface area contributed by atoms with E-state index >= 15 is 0 Å². The topological polar surface area (TPSA) is 87.1 Å². The van der Waals surface area contributed by atoms with E-state index in [1.165, 1.54) is 14.0 Å². The monoisotopic (exact) mass is 477 g/mol. The van der Waals surface area contributed by atoms with Crippen LogP contribution in [0.2, 0.25) is 0 Å². The number of fused-ring (bicyclic) bond motifs is 1. The Morgan fingerprint density at radius 2 is 1.97 bits per heavy atom. The Kier molecular flexibility index (Phi) is 5.51. The lowest BCUT2D eigenvalue weighted by Crippen LogP contribution is -2.37. The zero-order valence-electron chi connectivity index (χ0n) is 18.7. The van der Waals surface area contributed by atoms with E-state index in [2.05, 4.69) is 43.4 Å². The molecular weight excluding hydrogens is 455 g/mol. The lowest BCUT2D eigenvalue weighted by atomic mass is 10.00. The Labute approximate surface area is 192 Å². The van der Waals surface area contributed by atoms with E-state index in [1.54, 1.807) is 6.20 Å². The number of hydrogen-bond donors (Lipinski definition) is 1. The Morgan fingerprint density at radius 1 is 1.24 bits per heavy atom. The number of rotatable bonds is 4. The van der Waals surface area contributed by atoms with Gasteiger partial charge in [-0.15, -0.1) is 0 Å². The van der Waals surface area contributed by atoms with E-state index in [9.17, 15) is 18.0 Å². The van der Waals surface area contributed by atoms with Crippen molar-refractivity contribution in [1.82, 2.24) is 19.3 Å². The number of aromatic nitrogens is 4. The molecule has 1 aliphatic rings. The van der Waals surface area contributed by atoms with Crippen molar-refractivity contribution in [3.8, 4) is 11.5 Å². The minimum Gasteiger partial charge on any atom is -0.368 e. The van der Waals surface area contributed by atoms with Crippen LogP contribution in [0.4, 0.5) is 35.5 Å². The Balaban J connectivity index is 1.63. The number of hydrogen-bond acceptors (Lipinski definition) is 8. The first-order valence-corrected chi connectivity index (χ1v) is 10.8. The lowest BCUT2D eigenvalue weighted by molar-refractivity contribution is -0.137. The number of amides is 1. The van der Waals surface area contributed by atoms with Crippen molar-refractivity contribution < 1.29 is 18.0 Å². The number of anilines is 4. The molecule has 3 aromatic rings. The van der Waals surface area contributed by atoms with Crippen LogP contribution in [0, 0.1) is 0 Å². The number of carbonyl (C=O) groups is 1. The number of pyridine rings is 2. The molecule has 0 saturated heterocycles. The van der Waals surface area contributed by atoms with Gasteiger partial charge in [-0.1, -0.05) is 0 Å². The van der Waals surface area contributed by atoms with Crippen molar-refractivity contribution in [3.05, 3.63) is 35.7 Å². The van der Waals surface area contributed by atoms with Crippen LogP contribution in [0.3, 0.4) is 0 Å². The van der Waals surface area contributed by atoms with Gasteiger partial charge >= 0.3 is 6.18 Å². The average Bonchev–Trinajstić information content (AvgIpc) is 3.28. The summed E-state index contributed by atoms with van der Waals surface area (Å²) in [7, 11) is 3.41. The summed E-state index contributed by atoms with van der Waals surface area (Å²) in [6.07, 6.45) is -1.22. The Bertz CT molecular complexity index is 1220. The molecule has 4 rings (SSSR count). The predicted molar refractivity (Wildman–Crippen MR) is 121 cm³/mol. The summed E-state index contributed by atoms with van der Waals surface area (Å²) in [6.45, 7) is 5.57. The minimum absolute atomic E-state index is 0.0156. The van der Waals surface area contributed by atoms with Crippen LogP contribution in [0.1, 0.15) is 31.9 Å². The van der Waals surface area contributed by atoms with Crippen LogP contribution >= 0.6 is 11.5 Å². The van der Waals surface area contributed by atoms with Gasteiger partial charge in [-0.05, 0) is 38.0 Å². The second-order valence-corrected chi connectivity index (χ2v) is 9.21. The van der Waals surface area contributed by atoms with Crippen molar-refractivity contribution in [3.63, 3.8) is 0 Å². The third-order valence-corrected chi connectivity index (χ3v) is 6.40. The van der Waals surface area contributed by atoms with Crippen LogP contribution in [0.15, 0.2) is 24.5 Å². The van der Waals surface area contributed by atoms with E-state index in [-0.39, 0.29) is 17.0 Å². The van der Waals surface area contributed by atoms with Crippen molar-refractivity contribution >= 4 is 39.8 Å². The smallest absolute Gasteiger partial charge is 0.368 e. The summed E-state index contributed by atoms with van der Waals surface area (Å²) in [6, 6.07) is 2.83. The minimum atomic E-state index is -4.59. The van der Waals surface area contributed by atoms with Gasteiger partial charge in [0.25, 0.3) is 0 Å². The van der Waals surface area contributed by atoms with Gasteiger partial charge in [-0.25, -0.2) is 4.98 Å². The highest BCUT2D eigenvalue weighted by atomic mass is 32.1. The zero-order valence-corrected chi connectivity index (χ0v) is 19.5. The molecule has 4 heterocycles. The van der Waals surface area contributed by atoms with Crippen LogP contribution in [-0.4, -0.2) is 44.9 Å². The van der Waals surface area contributed by atoms with Gasteiger partial charge in [-0.3, -0.25) is 9.78 Å². The van der Waals surface area contributed by atoms with Crippen molar-refractivity contribution in [2.45, 2.75) is 38.9 Å². The van der Waals surface area contributed by atoms with Gasteiger partial charge in [0.1, 0.15) is 5.69 Å². The van der Waals surface area contributed by atoms with E-state index in [1.807, 2.05) is 13.1 Å². The molecule has 1 N–H and O–H groups in total. The van der Waals surface area contributed by atoms with Crippen LogP contribution in [-0.2, 0) is 17.4 Å². The molecule has 0 fully saturated rings. The molecule has 0 saturated carbocycles. The molecular formula is C21H22F3N7OS. The summed E-state index contributed by atoms with van der Waals surface area (Å²) in [4.78, 5) is 27.9. The second-order valence-electron chi connectivity index (χ2n) is 8.46. The SMILES string of the molecule is CC(=O)N(C)c1cc(C(F)(F)F)cnc1Nc1nc(-c2cc3c(cn2)N(C)C(C)(C)C3)ns1. The molecule has 8 nitrogen and oxygen atoms in total. The van der Waals surface area contributed by atoms with Crippen LogP contribution in [0.5, 0.6) is 0 Å². The van der Waals surface area contributed by atoms with Crippen LogP contribution < -0.4 is 15.1 Å². The fraction of sp³-hybridized carbons (Fsp3) is 0.381. The maximum atomic E-state index is 13.2. The summed E-state index contributed by atoms with van der Waals surface area (Å²) < 4.78 is 43.8.